The molecule has 128 valence electrons. The summed E-state index contributed by atoms with van der Waals surface area (Å²) >= 11 is 0. The number of allylic oxidation sites excluding steroid dienone is 3. The van der Waals surface area contributed by atoms with Gasteiger partial charge in [0.25, 0.3) is 0 Å². The highest BCUT2D eigenvalue weighted by molar-refractivity contribution is 5.83. The molecule has 0 aliphatic heterocycles. The van der Waals surface area contributed by atoms with Crippen LogP contribution in [0.2, 0.25) is 0 Å². The van der Waals surface area contributed by atoms with E-state index in [0.717, 1.165) is 12.0 Å². The van der Waals surface area contributed by atoms with Gasteiger partial charge in [0.15, 0.2) is 0 Å². The topological polar surface area (TPSA) is 26.3 Å². The van der Waals surface area contributed by atoms with E-state index in [4.69, 9.17) is 4.74 Å². The van der Waals surface area contributed by atoms with Gasteiger partial charge < -0.3 is 4.74 Å². The molecule has 0 aromatic carbocycles. The van der Waals surface area contributed by atoms with Crippen LogP contribution < -0.4 is 0 Å². The largest absolute Gasteiger partial charge is 0.460 e. The first-order chi connectivity index (χ1) is 10.2. The first-order valence-electron chi connectivity index (χ1n) is 8.71. The van der Waals surface area contributed by atoms with E-state index in [9.17, 15) is 4.79 Å². The minimum absolute atomic E-state index is 0.0621. The molecule has 0 N–H and O–H groups in total. The lowest BCUT2D eigenvalue weighted by atomic mass is 9.83. The number of carbonyl (C=O) groups is 1. The SMILES string of the molecule is CCC(C)(C)CCCC(C)C/C=C/C(C)=C/C(=O)OC(C)C. The van der Waals surface area contributed by atoms with Gasteiger partial charge in [-0.1, -0.05) is 59.1 Å². The molecule has 1 unspecified atom stereocenters. The summed E-state index contributed by atoms with van der Waals surface area (Å²) in [5, 5.41) is 0. The molecule has 0 aliphatic rings. The molecule has 0 saturated heterocycles. The van der Waals surface area contributed by atoms with Gasteiger partial charge in [0, 0.05) is 6.08 Å². The van der Waals surface area contributed by atoms with E-state index in [1.807, 2.05) is 26.8 Å². The zero-order valence-corrected chi connectivity index (χ0v) is 15.7. The third-order valence-corrected chi connectivity index (χ3v) is 4.12. The Morgan fingerprint density at radius 3 is 2.41 bits per heavy atom. The Hall–Kier alpha value is -1.05. The minimum atomic E-state index is -0.257. The Morgan fingerprint density at radius 1 is 1.23 bits per heavy atom. The Labute approximate surface area is 138 Å². The van der Waals surface area contributed by atoms with E-state index in [1.165, 1.54) is 25.7 Å². The van der Waals surface area contributed by atoms with Gasteiger partial charge in [0.2, 0.25) is 0 Å². The van der Waals surface area contributed by atoms with Crippen LogP contribution in [0.3, 0.4) is 0 Å². The summed E-state index contributed by atoms with van der Waals surface area (Å²) in [5.41, 5.74) is 1.43. The second-order valence-electron chi connectivity index (χ2n) is 7.53. The molecule has 0 bridgehead atoms. The normalized spacial score (nSPS) is 14.6. The summed E-state index contributed by atoms with van der Waals surface area (Å²) in [5.74, 6) is 0.436. The fraction of sp³-hybridized carbons (Fsp3) is 0.750. The van der Waals surface area contributed by atoms with E-state index in [1.54, 1.807) is 6.08 Å². The van der Waals surface area contributed by atoms with Gasteiger partial charge in [-0.3, -0.25) is 0 Å². The van der Waals surface area contributed by atoms with Crippen molar-refractivity contribution in [3.8, 4) is 0 Å². The monoisotopic (exact) mass is 308 g/mol. The molecular weight excluding hydrogens is 272 g/mol. The molecule has 0 aliphatic carbocycles. The first-order valence-corrected chi connectivity index (χ1v) is 8.71. The van der Waals surface area contributed by atoms with Crippen molar-refractivity contribution >= 4 is 5.97 Å². The lowest BCUT2D eigenvalue weighted by Crippen LogP contribution is -2.09. The molecule has 0 saturated carbocycles. The van der Waals surface area contributed by atoms with E-state index in [-0.39, 0.29) is 12.1 Å². The van der Waals surface area contributed by atoms with Gasteiger partial charge in [-0.15, -0.1) is 0 Å². The second-order valence-corrected chi connectivity index (χ2v) is 7.53. The van der Waals surface area contributed by atoms with Crippen LogP contribution in [-0.4, -0.2) is 12.1 Å². The van der Waals surface area contributed by atoms with Crippen LogP contribution in [-0.2, 0) is 9.53 Å². The van der Waals surface area contributed by atoms with Crippen molar-refractivity contribution < 1.29 is 9.53 Å². The lowest BCUT2D eigenvalue weighted by Gasteiger charge is -2.23. The summed E-state index contributed by atoms with van der Waals surface area (Å²) in [6.45, 7) is 14.9. The van der Waals surface area contributed by atoms with Crippen molar-refractivity contribution in [2.75, 3.05) is 0 Å². The predicted molar refractivity (Wildman–Crippen MR) is 95.8 cm³/mol. The molecule has 0 radical (unpaired) electrons. The molecule has 1 atom stereocenters. The van der Waals surface area contributed by atoms with Crippen molar-refractivity contribution in [1.82, 2.24) is 0 Å². The Kier molecular flexibility index (Phi) is 10.1. The number of rotatable bonds is 10. The number of hydrogen-bond donors (Lipinski definition) is 0. The quantitative estimate of drug-likeness (QED) is 0.278. The van der Waals surface area contributed by atoms with E-state index in [2.05, 4.69) is 33.8 Å². The van der Waals surface area contributed by atoms with Gasteiger partial charge in [-0.2, -0.15) is 0 Å². The minimum Gasteiger partial charge on any atom is -0.460 e. The van der Waals surface area contributed by atoms with E-state index < -0.39 is 0 Å². The maximum Gasteiger partial charge on any atom is 0.331 e. The lowest BCUT2D eigenvalue weighted by molar-refractivity contribution is -0.141. The number of ether oxygens (including phenoxy) is 1. The van der Waals surface area contributed by atoms with Crippen molar-refractivity contribution in [3.05, 3.63) is 23.8 Å². The zero-order valence-electron chi connectivity index (χ0n) is 15.7. The molecule has 0 rings (SSSR count). The number of hydrogen-bond acceptors (Lipinski definition) is 2. The van der Waals surface area contributed by atoms with Crippen LogP contribution in [0.15, 0.2) is 23.8 Å². The van der Waals surface area contributed by atoms with Crippen molar-refractivity contribution in [1.29, 1.82) is 0 Å². The van der Waals surface area contributed by atoms with Crippen LogP contribution in [0.1, 0.15) is 80.6 Å². The highest BCUT2D eigenvalue weighted by Crippen LogP contribution is 2.28. The third-order valence-electron chi connectivity index (χ3n) is 4.12. The van der Waals surface area contributed by atoms with Gasteiger partial charge in [0.1, 0.15) is 0 Å². The van der Waals surface area contributed by atoms with Gasteiger partial charge in [0.05, 0.1) is 6.10 Å². The predicted octanol–water partition coefficient (Wildman–Crippen LogP) is 6.07. The summed E-state index contributed by atoms with van der Waals surface area (Å²) in [6.07, 6.45) is 11.9. The van der Waals surface area contributed by atoms with Gasteiger partial charge >= 0.3 is 5.97 Å². The second kappa shape index (κ2) is 10.6. The Bertz CT molecular complexity index is 375. The molecule has 0 fully saturated rings. The summed E-state index contributed by atoms with van der Waals surface area (Å²) < 4.78 is 5.09. The summed E-state index contributed by atoms with van der Waals surface area (Å²) in [7, 11) is 0. The summed E-state index contributed by atoms with van der Waals surface area (Å²) in [4.78, 5) is 11.5. The van der Waals surface area contributed by atoms with E-state index >= 15 is 0 Å². The molecule has 2 nitrogen and oxygen atoms in total. The maximum absolute atomic E-state index is 11.5. The number of carbonyl (C=O) groups excluding carboxylic acids is 1. The smallest absolute Gasteiger partial charge is 0.331 e. The Balaban J connectivity index is 4.05. The molecule has 0 aromatic rings. The fourth-order valence-corrected chi connectivity index (χ4v) is 2.21. The third kappa shape index (κ3) is 11.6. The molecule has 22 heavy (non-hydrogen) atoms. The van der Waals surface area contributed by atoms with Crippen molar-refractivity contribution in [2.45, 2.75) is 86.7 Å². The highest BCUT2D eigenvalue weighted by Gasteiger charge is 2.14. The molecule has 2 heteroatoms. The zero-order chi connectivity index (χ0) is 17.2. The number of esters is 1. The van der Waals surface area contributed by atoms with Crippen LogP contribution in [0, 0.1) is 11.3 Å². The molecule has 0 amide bonds. The van der Waals surface area contributed by atoms with Gasteiger partial charge in [-0.05, 0) is 50.5 Å². The molecule has 0 heterocycles. The van der Waals surface area contributed by atoms with Crippen molar-refractivity contribution in [2.24, 2.45) is 11.3 Å². The van der Waals surface area contributed by atoms with Crippen LogP contribution in [0.4, 0.5) is 0 Å². The average molecular weight is 309 g/mol. The van der Waals surface area contributed by atoms with Gasteiger partial charge in [-0.25, -0.2) is 4.79 Å². The van der Waals surface area contributed by atoms with Crippen LogP contribution in [0.25, 0.3) is 0 Å². The Morgan fingerprint density at radius 2 is 1.86 bits per heavy atom. The van der Waals surface area contributed by atoms with Crippen molar-refractivity contribution in [3.63, 3.8) is 0 Å². The van der Waals surface area contributed by atoms with Crippen LogP contribution >= 0.6 is 0 Å². The van der Waals surface area contributed by atoms with Crippen LogP contribution in [0.5, 0.6) is 0 Å². The fourth-order valence-electron chi connectivity index (χ4n) is 2.21. The maximum atomic E-state index is 11.5. The van der Waals surface area contributed by atoms with E-state index in [0.29, 0.717) is 11.3 Å². The summed E-state index contributed by atoms with van der Waals surface area (Å²) in [6, 6.07) is 0. The first kappa shape index (κ1) is 20.9. The standard InChI is InChI=1S/C20H36O2/c1-8-20(6,7)14-10-13-17(4)11-9-12-18(5)15-19(21)22-16(2)3/h9,12,15-17H,8,10-11,13-14H2,1-7H3/b12-9+,18-15+. The molecule has 0 aromatic heterocycles. The molecule has 0 spiro atoms. The average Bonchev–Trinajstić information content (AvgIpc) is 2.37. The molecular formula is C20H36O2. The highest BCUT2D eigenvalue weighted by atomic mass is 16.5.